The summed E-state index contributed by atoms with van der Waals surface area (Å²) in [7, 11) is 1.61. The number of aryl methyl sites for hydroxylation is 1. The van der Waals surface area contributed by atoms with Gasteiger partial charge in [-0.05, 0) is 37.1 Å². The van der Waals surface area contributed by atoms with E-state index in [9.17, 15) is 5.26 Å². The van der Waals surface area contributed by atoms with Crippen LogP contribution in [0.5, 0.6) is 11.5 Å². The minimum atomic E-state index is 0.546. The van der Waals surface area contributed by atoms with Gasteiger partial charge in [-0.25, -0.2) is 4.98 Å². The van der Waals surface area contributed by atoms with Gasteiger partial charge in [-0.3, -0.25) is 0 Å². The highest BCUT2D eigenvalue weighted by atomic mass is 32.1. The quantitative estimate of drug-likeness (QED) is 0.745. The van der Waals surface area contributed by atoms with Crippen LogP contribution in [0.2, 0.25) is 0 Å². The summed E-state index contributed by atoms with van der Waals surface area (Å²) in [5, 5.41) is 12.0. The van der Waals surface area contributed by atoms with Crippen molar-refractivity contribution in [2.45, 2.75) is 20.3 Å². The highest BCUT2D eigenvalue weighted by molar-refractivity contribution is 7.11. The molecule has 0 aliphatic rings. The van der Waals surface area contributed by atoms with E-state index in [2.05, 4.69) is 18.0 Å². The number of nitriles is 1. The molecule has 0 amide bonds. The number of allylic oxidation sites excluding steroid dienone is 1. The van der Waals surface area contributed by atoms with Crippen molar-refractivity contribution in [3.63, 3.8) is 0 Å². The summed E-state index contributed by atoms with van der Waals surface area (Å²) in [4.78, 5) is 4.36. The monoisotopic (exact) mass is 314 g/mol. The largest absolute Gasteiger partial charge is 0.493 e. The molecule has 0 spiro atoms. The maximum atomic E-state index is 9.35. The lowest BCUT2D eigenvalue weighted by Gasteiger charge is -2.10. The molecule has 0 radical (unpaired) electrons. The maximum Gasteiger partial charge on any atom is 0.161 e. The first-order valence-electron chi connectivity index (χ1n) is 7.03. The summed E-state index contributed by atoms with van der Waals surface area (Å²) in [5.74, 6) is 1.37. The number of benzene rings is 1. The summed E-state index contributed by atoms with van der Waals surface area (Å²) < 4.78 is 11.0. The SMILES string of the molecule is CCCOc1cc(/C=C(\C#N)c2nc(C)cs2)ccc1OC. The van der Waals surface area contributed by atoms with Gasteiger partial charge in [-0.1, -0.05) is 13.0 Å². The third kappa shape index (κ3) is 3.86. The summed E-state index contributed by atoms with van der Waals surface area (Å²) in [6, 6.07) is 7.83. The zero-order chi connectivity index (χ0) is 15.9. The second-order valence-electron chi connectivity index (χ2n) is 4.72. The molecule has 22 heavy (non-hydrogen) atoms. The fourth-order valence-electron chi connectivity index (χ4n) is 1.89. The average Bonchev–Trinajstić information content (AvgIpc) is 2.97. The van der Waals surface area contributed by atoms with Crippen LogP contribution in [0.15, 0.2) is 23.6 Å². The molecule has 0 aliphatic heterocycles. The van der Waals surface area contributed by atoms with E-state index in [1.807, 2.05) is 36.6 Å². The Morgan fingerprint density at radius 1 is 1.41 bits per heavy atom. The number of nitrogens with zero attached hydrogens (tertiary/aromatic N) is 2. The standard InChI is InChI=1S/C17H18N2O2S/c1-4-7-21-16-9-13(5-6-15(16)20-3)8-14(10-18)17-19-12(2)11-22-17/h5-6,8-9,11H,4,7H2,1-3H3/b14-8+. The van der Waals surface area contributed by atoms with E-state index in [1.165, 1.54) is 11.3 Å². The van der Waals surface area contributed by atoms with Gasteiger partial charge in [0.1, 0.15) is 11.1 Å². The number of hydrogen-bond acceptors (Lipinski definition) is 5. The number of methoxy groups -OCH3 is 1. The molecule has 0 aliphatic carbocycles. The maximum absolute atomic E-state index is 9.35. The predicted octanol–water partition coefficient (Wildman–Crippen LogP) is 4.31. The smallest absolute Gasteiger partial charge is 0.161 e. The molecule has 0 atom stereocenters. The first-order valence-corrected chi connectivity index (χ1v) is 7.91. The van der Waals surface area contributed by atoms with Gasteiger partial charge in [0.25, 0.3) is 0 Å². The van der Waals surface area contributed by atoms with Gasteiger partial charge in [0.15, 0.2) is 11.5 Å². The molecule has 1 aromatic heterocycles. The zero-order valence-electron chi connectivity index (χ0n) is 12.9. The van der Waals surface area contributed by atoms with E-state index >= 15 is 0 Å². The van der Waals surface area contributed by atoms with Crippen molar-refractivity contribution in [1.82, 2.24) is 4.98 Å². The van der Waals surface area contributed by atoms with E-state index < -0.39 is 0 Å². The number of ether oxygens (including phenoxy) is 2. The van der Waals surface area contributed by atoms with Crippen molar-refractivity contribution in [2.24, 2.45) is 0 Å². The number of aromatic nitrogens is 1. The molecule has 1 heterocycles. The number of rotatable bonds is 6. The van der Waals surface area contributed by atoms with Crippen molar-refractivity contribution in [3.8, 4) is 17.6 Å². The third-order valence-electron chi connectivity index (χ3n) is 2.93. The van der Waals surface area contributed by atoms with Crippen LogP contribution in [0.25, 0.3) is 11.6 Å². The molecule has 2 aromatic rings. The highest BCUT2D eigenvalue weighted by Gasteiger charge is 2.08. The lowest BCUT2D eigenvalue weighted by atomic mass is 10.1. The Morgan fingerprint density at radius 3 is 2.82 bits per heavy atom. The summed E-state index contributed by atoms with van der Waals surface area (Å²) in [6.45, 7) is 4.59. The minimum Gasteiger partial charge on any atom is -0.493 e. The molecule has 0 saturated carbocycles. The molecular weight excluding hydrogens is 296 g/mol. The molecule has 114 valence electrons. The normalized spacial score (nSPS) is 11.1. The molecular formula is C17H18N2O2S. The molecule has 5 heteroatoms. The summed E-state index contributed by atoms with van der Waals surface area (Å²) in [5.41, 5.74) is 2.35. The van der Waals surface area contributed by atoms with Crippen molar-refractivity contribution >= 4 is 23.0 Å². The van der Waals surface area contributed by atoms with Gasteiger partial charge in [0, 0.05) is 11.1 Å². The van der Waals surface area contributed by atoms with Crippen molar-refractivity contribution in [2.75, 3.05) is 13.7 Å². The molecule has 0 bridgehead atoms. The Morgan fingerprint density at radius 2 is 2.23 bits per heavy atom. The van der Waals surface area contributed by atoms with Gasteiger partial charge < -0.3 is 9.47 Å². The molecule has 0 fully saturated rings. The van der Waals surface area contributed by atoms with Gasteiger partial charge in [0.05, 0.1) is 19.3 Å². The lowest BCUT2D eigenvalue weighted by molar-refractivity contribution is 0.294. The second kappa shape index (κ2) is 7.62. The van der Waals surface area contributed by atoms with E-state index in [-0.39, 0.29) is 0 Å². The van der Waals surface area contributed by atoms with E-state index in [0.29, 0.717) is 23.7 Å². The number of thiazole rings is 1. The minimum absolute atomic E-state index is 0.546. The Kier molecular flexibility index (Phi) is 5.56. The molecule has 1 aromatic carbocycles. The van der Waals surface area contributed by atoms with Crippen LogP contribution in [0.4, 0.5) is 0 Å². The number of hydrogen-bond donors (Lipinski definition) is 0. The van der Waals surface area contributed by atoms with Crippen LogP contribution < -0.4 is 9.47 Å². The molecule has 0 saturated heterocycles. The Labute approximate surface area is 134 Å². The van der Waals surface area contributed by atoms with Crippen molar-refractivity contribution in [1.29, 1.82) is 5.26 Å². The third-order valence-corrected chi connectivity index (χ3v) is 3.92. The van der Waals surface area contributed by atoms with Crippen LogP contribution in [0, 0.1) is 18.3 Å². The zero-order valence-corrected chi connectivity index (χ0v) is 13.7. The van der Waals surface area contributed by atoms with Gasteiger partial charge in [-0.15, -0.1) is 11.3 Å². The fourth-order valence-corrected chi connectivity index (χ4v) is 2.66. The van der Waals surface area contributed by atoms with Gasteiger partial charge in [0.2, 0.25) is 0 Å². The molecule has 0 N–H and O–H groups in total. The fraction of sp³-hybridized carbons (Fsp3) is 0.294. The van der Waals surface area contributed by atoms with Crippen molar-refractivity contribution < 1.29 is 9.47 Å². The van der Waals surface area contributed by atoms with Crippen LogP contribution in [0.3, 0.4) is 0 Å². The lowest BCUT2D eigenvalue weighted by Crippen LogP contribution is -1.98. The molecule has 4 nitrogen and oxygen atoms in total. The van der Waals surface area contributed by atoms with Crippen LogP contribution in [0.1, 0.15) is 29.6 Å². The topological polar surface area (TPSA) is 55.1 Å². The van der Waals surface area contributed by atoms with E-state index in [0.717, 1.165) is 22.7 Å². The molecule has 2 rings (SSSR count). The summed E-state index contributed by atoms with van der Waals surface area (Å²) in [6.07, 6.45) is 2.74. The Hall–Kier alpha value is -2.32. The molecule has 0 unspecified atom stereocenters. The van der Waals surface area contributed by atoms with Crippen LogP contribution in [-0.4, -0.2) is 18.7 Å². The highest BCUT2D eigenvalue weighted by Crippen LogP contribution is 2.30. The van der Waals surface area contributed by atoms with E-state index in [1.54, 1.807) is 7.11 Å². The predicted molar refractivity (Wildman–Crippen MR) is 89.1 cm³/mol. The van der Waals surface area contributed by atoms with E-state index in [4.69, 9.17) is 9.47 Å². The van der Waals surface area contributed by atoms with Crippen molar-refractivity contribution in [3.05, 3.63) is 39.8 Å². The Balaban J connectivity index is 2.35. The van der Waals surface area contributed by atoms with Crippen LogP contribution >= 0.6 is 11.3 Å². The van der Waals surface area contributed by atoms with Gasteiger partial charge >= 0.3 is 0 Å². The van der Waals surface area contributed by atoms with Gasteiger partial charge in [-0.2, -0.15) is 5.26 Å². The average molecular weight is 314 g/mol. The Bertz CT molecular complexity index is 714. The summed E-state index contributed by atoms with van der Waals surface area (Å²) >= 11 is 1.47. The second-order valence-corrected chi connectivity index (χ2v) is 5.58. The first kappa shape index (κ1) is 16.1. The first-order chi connectivity index (χ1) is 10.7. The van der Waals surface area contributed by atoms with Crippen LogP contribution in [-0.2, 0) is 0 Å².